The molecule has 11 aromatic carbocycles. The molecule has 450 valence electrons. The molecule has 0 fully saturated rings. The van der Waals surface area contributed by atoms with E-state index in [0.29, 0.717) is 0 Å². The maximum Gasteiger partial charge on any atom is 0.0161 e. The number of benzene rings is 11. The zero-order valence-corrected chi connectivity index (χ0v) is 55.0. The van der Waals surface area contributed by atoms with Crippen LogP contribution in [-0.4, -0.2) is 0 Å². The fourth-order valence-electron chi connectivity index (χ4n) is 14.4. The average molecular weight is 1210 g/mol. The normalized spacial score (nSPS) is 13.5. The van der Waals surface area contributed by atoms with Crippen LogP contribution in [0.25, 0.3) is 0 Å². The Morgan fingerprint density at radius 1 is 0.211 bits per heavy atom. The Morgan fingerprint density at radius 3 is 0.678 bits per heavy atom. The fraction of sp³-hybridized carbons (Fsp3) is 0.250. The van der Waals surface area contributed by atoms with E-state index in [1.165, 1.54) is 158 Å². The van der Waals surface area contributed by atoms with Gasteiger partial charge in [-0.1, -0.05) is 295 Å². The topological polar surface area (TPSA) is 0 Å². The van der Waals surface area contributed by atoms with Crippen molar-refractivity contribution in [1.82, 2.24) is 0 Å². The van der Waals surface area contributed by atoms with E-state index in [4.69, 9.17) is 0 Å². The molecule has 0 N–H and O–H groups in total. The summed E-state index contributed by atoms with van der Waals surface area (Å²) >= 11 is 3.85. The van der Waals surface area contributed by atoms with Crippen LogP contribution in [0.3, 0.4) is 0 Å². The zero-order chi connectivity index (χ0) is 61.2. The quantitative estimate of drug-likeness (QED) is 0.149. The lowest BCUT2D eigenvalue weighted by atomic mass is 9.82. The van der Waals surface area contributed by atoms with E-state index >= 15 is 0 Å². The molecule has 2 aliphatic heterocycles. The van der Waals surface area contributed by atoms with Crippen LogP contribution in [-0.2, 0) is 77.0 Å². The Bertz CT molecular complexity index is 3600. The molecule has 0 unspecified atom stereocenters. The van der Waals surface area contributed by atoms with Gasteiger partial charge in [-0.2, -0.15) is 0 Å². The Hall–Kier alpha value is -7.88. The van der Waals surface area contributed by atoms with Gasteiger partial charge in [-0.3, -0.25) is 0 Å². The molecule has 2 heteroatoms. The summed E-state index contributed by atoms with van der Waals surface area (Å²) in [4.78, 5) is 5.72. The van der Waals surface area contributed by atoms with Crippen LogP contribution in [0.1, 0.15) is 176 Å². The van der Waals surface area contributed by atoms with Crippen LogP contribution in [0.2, 0.25) is 0 Å². The first-order valence-corrected chi connectivity index (χ1v) is 35.3. The minimum absolute atomic E-state index is 0.830. The van der Waals surface area contributed by atoms with Gasteiger partial charge in [-0.05, 0) is 236 Å². The highest BCUT2D eigenvalue weighted by molar-refractivity contribution is 8.00. The Morgan fingerprint density at radius 2 is 0.422 bits per heavy atom. The summed E-state index contributed by atoms with van der Waals surface area (Å²) in [6.45, 7) is 9.29. The van der Waals surface area contributed by atoms with E-state index in [1.54, 1.807) is 22.3 Å². The monoisotopic (exact) mass is 1210 g/mol. The minimum atomic E-state index is 0.830. The number of hydrogen-bond acceptors (Lipinski definition) is 2. The van der Waals surface area contributed by atoms with E-state index in [1.807, 2.05) is 23.5 Å². The Balaban J connectivity index is 0.000000106. The van der Waals surface area contributed by atoms with E-state index < -0.39 is 0 Å². The summed E-state index contributed by atoms with van der Waals surface area (Å²) in [5, 5.41) is 0. The second-order valence-electron chi connectivity index (χ2n) is 25.8. The van der Waals surface area contributed by atoms with Gasteiger partial charge in [0, 0.05) is 19.6 Å². The summed E-state index contributed by atoms with van der Waals surface area (Å²) in [6, 6.07) is 89.5. The van der Waals surface area contributed by atoms with Crippen molar-refractivity contribution in [3.8, 4) is 0 Å². The number of hydrogen-bond donors (Lipinski definition) is 0. The van der Waals surface area contributed by atoms with Crippen LogP contribution in [0.15, 0.2) is 262 Å². The molecule has 17 rings (SSSR count). The van der Waals surface area contributed by atoms with Crippen LogP contribution >= 0.6 is 23.5 Å². The molecule has 0 atom stereocenters. The summed E-state index contributed by atoms with van der Waals surface area (Å²) in [7, 11) is 0. The molecule has 0 bridgehead atoms. The van der Waals surface area contributed by atoms with Crippen LogP contribution in [0, 0.1) is 11.8 Å². The number of fused-ring (bicyclic) bond motifs is 12. The van der Waals surface area contributed by atoms with Crippen molar-refractivity contribution in [3.63, 3.8) is 0 Å². The van der Waals surface area contributed by atoms with E-state index in [2.05, 4.69) is 270 Å². The molecule has 0 amide bonds. The maximum atomic E-state index is 2.49. The molecule has 0 saturated carbocycles. The maximum absolute atomic E-state index is 2.49. The standard InChI is InChI=1S/C26H36.C20H14S2.3C14H12/c1-5-19(6-2)13-21-9-11-23-18-26-16-22(14-20(7-3)8-4)10-12-24(26)17-25(23)15-21;1-3-7-17-13(5-1)9-15-11-20-16(12-19(15)21-17)10-14-6-2-4-8-18(14)22-20;3*1-2-6-12-10-14-8-4-3-7-13(14)9-11(12)5-1/h9-12,15-16,19-20H,5-8,13-14,17-18H2,1-4H3;1-8,11-12H,9-10H2;3*1-8H,9-10H2. The highest BCUT2D eigenvalue weighted by atomic mass is 32.2. The van der Waals surface area contributed by atoms with Gasteiger partial charge < -0.3 is 0 Å². The predicted molar refractivity (Wildman–Crippen MR) is 383 cm³/mol. The van der Waals surface area contributed by atoms with Gasteiger partial charge in [0.2, 0.25) is 0 Å². The van der Waals surface area contributed by atoms with Gasteiger partial charge in [0.1, 0.15) is 0 Å². The van der Waals surface area contributed by atoms with Crippen molar-refractivity contribution in [2.24, 2.45) is 11.8 Å². The second-order valence-corrected chi connectivity index (χ2v) is 28.0. The van der Waals surface area contributed by atoms with Crippen molar-refractivity contribution in [2.45, 2.75) is 150 Å². The molecule has 90 heavy (non-hydrogen) atoms. The first-order valence-electron chi connectivity index (χ1n) is 33.6. The summed E-state index contributed by atoms with van der Waals surface area (Å²) in [5.74, 6) is 1.66. The molecule has 4 aliphatic carbocycles. The van der Waals surface area contributed by atoms with Crippen molar-refractivity contribution >= 4 is 23.5 Å². The molecule has 11 aromatic rings. The lowest BCUT2D eigenvalue weighted by Crippen LogP contribution is -2.10. The lowest BCUT2D eigenvalue weighted by Gasteiger charge is -2.24. The first-order chi connectivity index (χ1) is 44.3. The van der Waals surface area contributed by atoms with Crippen molar-refractivity contribution in [2.75, 3.05) is 0 Å². The minimum Gasteiger partial charge on any atom is -0.0895 e. The SMILES string of the molecule is CCC(CC)Cc1ccc2c(c1)Cc1ccc(CC(CC)CC)cc1C2.c1ccc2c(c1)Cc1cc3c(cc1S2)Cc1ccccc1S3.c1ccc2c(c1)Cc1ccccc1C2.c1ccc2c(c1)Cc1ccccc1C2.c1ccc2c(c1)Cc1ccccc1C2. The Labute approximate surface area is 546 Å². The fourth-order valence-corrected chi connectivity index (χ4v) is 16.7. The van der Waals surface area contributed by atoms with Crippen LogP contribution in [0.5, 0.6) is 0 Å². The van der Waals surface area contributed by atoms with Gasteiger partial charge in [0.15, 0.2) is 0 Å². The largest absolute Gasteiger partial charge is 0.0895 e. The molecular formula is C88H86S2. The average Bonchev–Trinajstić information content (AvgIpc) is 0.881. The number of rotatable bonds is 8. The van der Waals surface area contributed by atoms with Gasteiger partial charge in [-0.15, -0.1) is 0 Å². The second kappa shape index (κ2) is 28.9. The van der Waals surface area contributed by atoms with Gasteiger partial charge in [0.05, 0.1) is 0 Å². The highest BCUT2D eigenvalue weighted by Crippen LogP contribution is 2.46. The third-order valence-electron chi connectivity index (χ3n) is 20.0. The Kier molecular flexibility index (Phi) is 19.6. The summed E-state index contributed by atoms with van der Waals surface area (Å²) in [5.41, 5.74) is 33.1. The molecule has 0 spiro atoms. The van der Waals surface area contributed by atoms with Crippen LogP contribution < -0.4 is 0 Å². The molecule has 0 saturated heterocycles. The summed E-state index contributed by atoms with van der Waals surface area (Å²) in [6.07, 6.45) is 18.6. The van der Waals surface area contributed by atoms with Gasteiger partial charge in [0.25, 0.3) is 0 Å². The van der Waals surface area contributed by atoms with E-state index in [-0.39, 0.29) is 0 Å². The zero-order valence-electron chi connectivity index (χ0n) is 53.4. The molecule has 0 radical (unpaired) electrons. The first kappa shape index (κ1) is 61.0. The van der Waals surface area contributed by atoms with E-state index in [0.717, 1.165) is 76.0 Å². The van der Waals surface area contributed by atoms with Crippen molar-refractivity contribution in [3.05, 3.63) is 365 Å². The van der Waals surface area contributed by atoms with Gasteiger partial charge >= 0.3 is 0 Å². The molecule has 6 aliphatic rings. The smallest absolute Gasteiger partial charge is 0.0161 e. The third kappa shape index (κ3) is 14.5. The predicted octanol–water partition coefficient (Wildman–Crippen LogP) is 22.5. The highest BCUT2D eigenvalue weighted by Gasteiger charge is 2.24. The molecule has 0 nitrogen and oxygen atoms in total. The van der Waals surface area contributed by atoms with Crippen LogP contribution in [0.4, 0.5) is 0 Å². The summed E-state index contributed by atoms with van der Waals surface area (Å²) < 4.78 is 0. The molecule has 2 heterocycles. The van der Waals surface area contributed by atoms with Crippen molar-refractivity contribution < 1.29 is 0 Å². The van der Waals surface area contributed by atoms with Crippen molar-refractivity contribution in [1.29, 1.82) is 0 Å². The van der Waals surface area contributed by atoms with E-state index in [9.17, 15) is 0 Å². The molecule has 0 aromatic heterocycles. The molecular weight excluding hydrogens is 1120 g/mol. The third-order valence-corrected chi connectivity index (χ3v) is 22.5. The van der Waals surface area contributed by atoms with Gasteiger partial charge in [-0.25, -0.2) is 0 Å². The lowest BCUT2D eigenvalue weighted by molar-refractivity contribution is 0.490.